The Morgan fingerprint density at radius 1 is 0.943 bits per heavy atom. The van der Waals surface area contributed by atoms with E-state index in [1.165, 1.54) is 5.56 Å². The van der Waals surface area contributed by atoms with E-state index in [0.717, 1.165) is 44.4 Å². The first kappa shape index (κ1) is 23.2. The van der Waals surface area contributed by atoms with Crippen molar-refractivity contribution in [2.24, 2.45) is 0 Å². The summed E-state index contributed by atoms with van der Waals surface area (Å²) >= 11 is 0. The highest BCUT2D eigenvalue weighted by molar-refractivity contribution is 5.98. The second-order valence-electron chi connectivity index (χ2n) is 10.4. The molecule has 3 nitrogen and oxygen atoms in total. The summed E-state index contributed by atoms with van der Waals surface area (Å²) in [7, 11) is 0. The predicted molar refractivity (Wildman–Crippen MR) is 142 cm³/mol. The highest BCUT2D eigenvalue weighted by Gasteiger charge is 2.40. The quantitative estimate of drug-likeness (QED) is 0.265. The van der Waals surface area contributed by atoms with Crippen LogP contribution in [-0.4, -0.2) is 21.7 Å². The summed E-state index contributed by atoms with van der Waals surface area (Å²) < 4.78 is 14.8. The van der Waals surface area contributed by atoms with Gasteiger partial charge in [-0.3, -0.25) is 0 Å². The maximum absolute atomic E-state index is 14.8. The molecule has 2 heterocycles. The van der Waals surface area contributed by atoms with Gasteiger partial charge in [0.25, 0.3) is 0 Å². The van der Waals surface area contributed by atoms with E-state index >= 15 is 0 Å². The number of para-hydroxylation sites is 1. The summed E-state index contributed by atoms with van der Waals surface area (Å²) in [5.41, 5.74) is 8.60. The van der Waals surface area contributed by atoms with Crippen LogP contribution in [-0.2, 0) is 0 Å². The van der Waals surface area contributed by atoms with Crippen LogP contribution >= 0.6 is 0 Å². The van der Waals surface area contributed by atoms with Gasteiger partial charge in [0.1, 0.15) is 5.82 Å². The zero-order valence-corrected chi connectivity index (χ0v) is 21.1. The molecule has 0 radical (unpaired) electrons. The fourth-order valence-electron chi connectivity index (χ4n) is 5.38. The number of rotatable bonds is 1. The topological polar surface area (TPSA) is 48.0 Å². The Kier molecular flexibility index (Phi) is 5.49. The summed E-state index contributed by atoms with van der Waals surface area (Å²) in [6.07, 6.45) is 1.41. The normalized spacial score (nSPS) is 18.5. The SMILES string of the molecule is Cc1cccc(C#Cc2c(-c3cccc4c(C)c[nH]c34)cc(C)c3c2[C@H](C)C(O)C(C)(C)N3)c1F. The van der Waals surface area contributed by atoms with Crippen LogP contribution in [0.3, 0.4) is 0 Å². The average molecular weight is 467 g/mol. The number of hydrogen-bond acceptors (Lipinski definition) is 2. The molecule has 0 saturated heterocycles. The van der Waals surface area contributed by atoms with Crippen molar-refractivity contribution in [2.75, 3.05) is 5.32 Å². The van der Waals surface area contributed by atoms with E-state index in [1.54, 1.807) is 19.1 Å². The Bertz CT molecular complexity index is 1530. The molecule has 0 saturated carbocycles. The lowest BCUT2D eigenvalue weighted by Crippen LogP contribution is -2.50. The minimum absolute atomic E-state index is 0.156. The summed E-state index contributed by atoms with van der Waals surface area (Å²) in [6, 6.07) is 13.7. The number of H-pyrrole nitrogens is 1. The zero-order valence-electron chi connectivity index (χ0n) is 21.1. The van der Waals surface area contributed by atoms with Gasteiger partial charge < -0.3 is 15.4 Å². The number of nitrogens with one attached hydrogen (secondary N) is 2. The van der Waals surface area contributed by atoms with Crippen molar-refractivity contribution in [3.63, 3.8) is 0 Å². The molecule has 2 atom stereocenters. The lowest BCUT2D eigenvalue weighted by molar-refractivity contribution is 0.0868. The molecule has 0 amide bonds. The minimum atomic E-state index is -0.607. The van der Waals surface area contributed by atoms with E-state index < -0.39 is 11.6 Å². The number of hydrogen-bond donors (Lipinski definition) is 3. The van der Waals surface area contributed by atoms with Gasteiger partial charge in [0.15, 0.2) is 0 Å². The smallest absolute Gasteiger partial charge is 0.141 e. The molecule has 5 rings (SSSR count). The lowest BCUT2D eigenvalue weighted by Gasteiger charge is -2.43. The van der Waals surface area contributed by atoms with E-state index in [2.05, 4.69) is 60.3 Å². The molecule has 0 fully saturated rings. The molecule has 1 aliphatic rings. The Labute approximate surface area is 206 Å². The van der Waals surface area contributed by atoms with Crippen molar-refractivity contribution in [1.82, 2.24) is 4.98 Å². The van der Waals surface area contributed by atoms with Crippen LogP contribution in [0.5, 0.6) is 0 Å². The highest BCUT2D eigenvalue weighted by Crippen LogP contribution is 2.46. The van der Waals surface area contributed by atoms with Gasteiger partial charge in [0.05, 0.1) is 22.7 Å². The molecular weight excluding hydrogens is 435 g/mol. The molecule has 1 aliphatic heterocycles. The predicted octanol–water partition coefficient (Wildman–Crippen LogP) is 6.97. The van der Waals surface area contributed by atoms with E-state index in [0.29, 0.717) is 11.1 Å². The number of anilines is 1. The summed E-state index contributed by atoms with van der Waals surface area (Å²) in [6.45, 7) is 12.0. The fourth-order valence-corrected chi connectivity index (χ4v) is 5.38. The number of aromatic amines is 1. The van der Waals surface area contributed by atoms with Gasteiger partial charge >= 0.3 is 0 Å². The first-order valence-electron chi connectivity index (χ1n) is 12.1. The standard InChI is InChI=1S/C31H31FN2O/c1-17-9-7-10-21(27(17)32)13-14-23-25(24-12-8-11-22-19(3)16-33-29(22)24)15-18(2)28-26(23)20(4)30(35)31(5,6)34-28/h7-12,15-16,20,30,33-35H,1-6H3/t20-,30?/m0/s1. The average Bonchev–Trinajstić information content (AvgIpc) is 3.20. The Balaban J connectivity index is 1.84. The lowest BCUT2D eigenvalue weighted by atomic mass is 9.75. The Hall–Kier alpha value is -3.55. The number of aliphatic hydroxyl groups excluding tert-OH is 1. The molecule has 3 N–H and O–H groups in total. The van der Waals surface area contributed by atoms with Crippen molar-refractivity contribution < 1.29 is 9.50 Å². The van der Waals surface area contributed by atoms with Gasteiger partial charge in [0, 0.05) is 39.9 Å². The van der Waals surface area contributed by atoms with E-state index in [9.17, 15) is 9.50 Å². The molecular formula is C31H31FN2O. The van der Waals surface area contributed by atoms with Gasteiger partial charge in [-0.05, 0) is 69.0 Å². The van der Waals surface area contributed by atoms with Gasteiger partial charge in [0.2, 0.25) is 0 Å². The van der Waals surface area contributed by atoms with E-state index in [1.807, 2.05) is 33.0 Å². The van der Waals surface area contributed by atoms with Crippen LogP contribution in [0.2, 0.25) is 0 Å². The number of halogens is 1. The molecule has 4 aromatic rings. The Morgan fingerprint density at radius 3 is 2.46 bits per heavy atom. The van der Waals surface area contributed by atoms with Gasteiger partial charge in [-0.25, -0.2) is 4.39 Å². The van der Waals surface area contributed by atoms with E-state index in [4.69, 9.17) is 0 Å². The summed E-state index contributed by atoms with van der Waals surface area (Å²) in [5.74, 6) is 6.01. The van der Waals surface area contributed by atoms with Crippen LogP contribution in [0.4, 0.5) is 10.1 Å². The summed E-state index contributed by atoms with van der Waals surface area (Å²) in [4.78, 5) is 3.43. The van der Waals surface area contributed by atoms with Gasteiger partial charge in [-0.2, -0.15) is 0 Å². The maximum Gasteiger partial charge on any atom is 0.141 e. The molecule has 1 aromatic heterocycles. The van der Waals surface area contributed by atoms with Crippen LogP contribution in [0.1, 0.15) is 60.1 Å². The molecule has 4 heteroatoms. The Morgan fingerprint density at radius 2 is 1.69 bits per heavy atom. The van der Waals surface area contributed by atoms with E-state index in [-0.39, 0.29) is 11.7 Å². The monoisotopic (exact) mass is 466 g/mol. The van der Waals surface area contributed by atoms with Crippen molar-refractivity contribution in [3.05, 3.63) is 87.9 Å². The maximum atomic E-state index is 14.8. The first-order valence-corrected chi connectivity index (χ1v) is 12.1. The molecule has 0 bridgehead atoms. The largest absolute Gasteiger partial charge is 0.390 e. The number of aromatic nitrogens is 1. The fraction of sp³-hybridized carbons (Fsp3) is 0.290. The number of aryl methyl sites for hydroxylation is 3. The van der Waals surface area contributed by atoms with Crippen molar-refractivity contribution in [1.29, 1.82) is 0 Å². The van der Waals surface area contributed by atoms with Crippen molar-refractivity contribution in [2.45, 2.75) is 59.1 Å². The number of fused-ring (bicyclic) bond motifs is 2. The van der Waals surface area contributed by atoms with Crippen molar-refractivity contribution in [3.8, 4) is 23.0 Å². The van der Waals surface area contributed by atoms with Gasteiger partial charge in [-0.15, -0.1) is 0 Å². The molecule has 0 spiro atoms. The third-order valence-electron chi connectivity index (χ3n) is 7.41. The second kappa shape index (κ2) is 8.29. The molecule has 178 valence electrons. The summed E-state index contributed by atoms with van der Waals surface area (Å²) in [5, 5.41) is 15.9. The molecule has 3 aromatic carbocycles. The third-order valence-corrected chi connectivity index (χ3v) is 7.41. The minimum Gasteiger partial charge on any atom is -0.390 e. The van der Waals surface area contributed by atoms with Crippen LogP contribution < -0.4 is 5.32 Å². The first-order chi connectivity index (χ1) is 16.6. The molecule has 35 heavy (non-hydrogen) atoms. The molecule has 0 aliphatic carbocycles. The highest BCUT2D eigenvalue weighted by atomic mass is 19.1. The van der Waals surface area contributed by atoms with Crippen LogP contribution in [0, 0.1) is 38.4 Å². The molecule has 1 unspecified atom stereocenters. The zero-order chi connectivity index (χ0) is 25.1. The van der Waals surface area contributed by atoms with Gasteiger partial charge in [-0.1, -0.05) is 49.1 Å². The van der Waals surface area contributed by atoms with Crippen molar-refractivity contribution >= 4 is 16.6 Å². The van der Waals surface area contributed by atoms with Crippen LogP contribution in [0.25, 0.3) is 22.0 Å². The third kappa shape index (κ3) is 3.72. The van der Waals surface area contributed by atoms with Crippen LogP contribution in [0.15, 0.2) is 48.7 Å². The number of benzene rings is 3. The number of aliphatic hydroxyl groups is 1. The second-order valence-corrected chi connectivity index (χ2v) is 10.4.